The highest BCUT2D eigenvalue weighted by Gasteiger charge is 2.48. The Kier molecular flexibility index (Phi) is 7.34. The lowest BCUT2D eigenvalue weighted by molar-refractivity contribution is -0.132. The molecule has 8 heteroatoms. The summed E-state index contributed by atoms with van der Waals surface area (Å²) >= 11 is 0. The number of aromatic nitrogens is 2. The smallest absolute Gasteiger partial charge is 0.302 e. The van der Waals surface area contributed by atoms with Crippen molar-refractivity contribution in [2.75, 3.05) is 12.0 Å². The van der Waals surface area contributed by atoms with Gasteiger partial charge in [-0.1, -0.05) is 32.0 Å². The lowest BCUT2D eigenvalue weighted by Crippen LogP contribution is -2.30. The molecule has 0 spiro atoms. The maximum absolute atomic E-state index is 13.7. The Morgan fingerprint density at radius 2 is 1.71 bits per heavy atom. The predicted octanol–water partition coefficient (Wildman–Crippen LogP) is 6.73. The van der Waals surface area contributed by atoms with E-state index in [1.54, 1.807) is 19.2 Å². The van der Waals surface area contributed by atoms with E-state index in [4.69, 9.17) is 9.47 Å². The van der Waals surface area contributed by atoms with E-state index >= 15 is 0 Å². The molecule has 0 bridgehead atoms. The summed E-state index contributed by atoms with van der Waals surface area (Å²) in [6.07, 6.45) is -0.0151. The lowest BCUT2D eigenvalue weighted by atomic mass is 9.91. The SMILES string of the molecule is COc1cc(C)c(/C(O)=C2\C(=O)C(=O)N(c3nc4ccc(C)cc4[nH]3)C2c2ccc(OC(C)C)cc2)cc1C(C)C. The van der Waals surface area contributed by atoms with Crippen LogP contribution in [0.5, 0.6) is 11.5 Å². The number of rotatable bonds is 7. The number of imidazole rings is 1. The van der Waals surface area contributed by atoms with Crippen molar-refractivity contribution in [1.82, 2.24) is 9.97 Å². The van der Waals surface area contributed by atoms with Crippen LogP contribution in [0.4, 0.5) is 5.95 Å². The number of fused-ring (bicyclic) bond motifs is 1. The number of aliphatic hydroxyl groups excluding tert-OH is 1. The van der Waals surface area contributed by atoms with Crippen molar-refractivity contribution in [3.63, 3.8) is 0 Å². The normalized spacial score (nSPS) is 16.8. The minimum Gasteiger partial charge on any atom is -0.507 e. The van der Waals surface area contributed by atoms with E-state index in [1.165, 1.54) is 4.90 Å². The highest BCUT2D eigenvalue weighted by atomic mass is 16.5. The summed E-state index contributed by atoms with van der Waals surface area (Å²) in [7, 11) is 1.60. The summed E-state index contributed by atoms with van der Waals surface area (Å²) < 4.78 is 11.4. The van der Waals surface area contributed by atoms with Crippen LogP contribution in [-0.2, 0) is 9.59 Å². The molecule has 8 nitrogen and oxygen atoms in total. The fourth-order valence-corrected chi connectivity index (χ4v) is 5.32. The molecule has 0 saturated carbocycles. The third-order valence-electron chi connectivity index (χ3n) is 7.32. The van der Waals surface area contributed by atoms with Gasteiger partial charge in [-0.05, 0) is 92.3 Å². The quantitative estimate of drug-likeness (QED) is 0.149. The van der Waals surface area contributed by atoms with Gasteiger partial charge in [0.25, 0.3) is 5.78 Å². The maximum atomic E-state index is 13.7. The number of benzene rings is 3. The zero-order valence-electron chi connectivity index (χ0n) is 24.4. The Morgan fingerprint density at radius 1 is 1.00 bits per heavy atom. The van der Waals surface area contributed by atoms with Gasteiger partial charge < -0.3 is 19.6 Å². The van der Waals surface area contributed by atoms with Crippen molar-refractivity contribution in [3.8, 4) is 11.5 Å². The van der Waals surface area contributed by atoms with Crippen molar-refractivity contribution in [2.45, 2.75) is 59.6 Å². The van der Waals surface area contributed by atoms with Gasteiger partial charge >= 0.3 is 5.91 Å². The number of aromatic amines is 1. The van der Waals surface area contributed by atoms with Crippen molar-refractivity contribution < 1.29 is 24.2 Å². The van der Waals surface area contributed by atoms with Crippen molar-refractivity contribution in [3.05, 3.63) is 88.0 Å². The minimum atomic E-state index is -0.922. The van der Waals surface area contributed by atoms with Crippen LogP contribution in [0.15, 0.2) is 60.2 Å². The Hall–Kier alpha value is -4.59. The number of hydrogen-bond acceptors (Lipinski definition) is 6. The van der Waals surface area contributed by atoms with E-state index in [2.05, 4.69) is 9.97 Å². The molecule has 1 aliphatic rings. The van der Waals surface area contributed by atoms with Crippen molar-refractivity contribution >= 4 is 34.4 Å². The number of methoxy groups -OCH3 is 1. The average Bonchev–Trinajstić information content (AvgIpc) is 3.45. The lowest BCUT2D eigenvalue weighted by Gasteiger charge is -2.24. The standard InChI is InChI=1S/C33H35N3O5/c1-17(2)23-16-24(20(6)15-27(23)40-7)30(37)28-29(21-9-11-22(12-10-21)41-18(3)4)36(32(39)31(28)38)33-34-25-13-8-19(5)14-26(25)35-33/h8-18,29,37H,1-7H3,(H,34,35)/b30-28+. The number of Topliss-reactive ketones (excluding diaryl/α,β-unsaturated/α-hetero) is 1. The first-order valence-corrected chi connectivity index (χ1v) is 13.7. The summed E-state index contributed by atoms with van der Waals surface area (Å²) in [5.41, 5.74) is 5.14. The van der Waals surface area contributed by atoms with Gasteiger partial charge in [0.2, 0.25) is 5.95 Å². The highest BCUT2D eigenvalue weighted by Crippen LogP contribution is 2.43. The number of carbonyl (C=O) groups is 2. The molecule has 0 radical (unpaired) electrons. The fraction of sp³-hybridized carbons (Fsp3) is 0.303. The molecule has 212 valence electrons. The average molecular weight is 554 g/mol. The molecule has 1 aromatic heterocycles. The number of H-pyrrole nitrogens is 1. The Morgan fingerprint density at radius 3 is 2.34 bits per heavy atom. The second kappa shape index (κ2) is 10.8. The van der Waals surface area contributed by atoms with Gasteiger partial charge in [0.1, 0.15) is 17.3 Å². The molecule has 0 aliphatic carbocycles. The summed E-state index contributed by atoms with van der Waals surface area (Å²) in [6, 6.07) is 15.7. The monoisotopic (exact) mass is 553 g/mol. The Bertz CT molecular complexity index is 1680. The van der Waals surface area contributed by atoms with Crippen LogP contribution >= 0.6 is 0 Å². The highest BCUT2D eigenvalue weighted by molar-refractivity contribution is 6.51. The largest absolute Gasteiger partial charge is 0.507 e. The van der Waals surface area contributed by atoms with Crippen LogP contribution in [0.1, 0.15) is 67.5 Å². The third kappa shape index (κ3) is 5.06. The van der Waals surface area contributed by atoms with Gasteiger partial charge in [-0.3, -0.25) is 14.5 Å². The van der Waals surface area contributed by atoms with E-state index in [-0.39, 0.29) is 29.3 Å². The van der Waals surface area contributed by atoms with E-state index in [0.29, 0.717) is 33.7 Å². The van der Waals surface area contributed by atoms with Crippen LogP contribution in [-0.4, -0.2) is 40.0 Å². The summed E-state index contributed by atoms with van der Waals surface area (Å²) in [5.74, 6) is -0.112. The van der Waals surface area contributed by atoms with Gasteiger partial charge in [0.05, 0.1) is 35.9 Å². The fourth-order valence-electron chi connectivity index (χ4n) is 5.32. The van der Waals surface area contributed by atoms with Gasteiger partial charge in [-0.15, -0.1) is 0 Å². The van der Waals surface area contributed by atoms with Crippen LogP contribution in [0.2, 0.25) is 0 Å². The minimum absolute atomic E-state index is 0.00728. The summed E-state index contributed by atoms with van der Waals surface area (Å²) in [6.45, 7) is 11.7. The van der Waals surface area contributed by atoms with Crippen molar-refractivity contribution in [2.24, 2.45) is 0 Å². The molecular formula is C33H35N3O5. The molecule has 2 N–H and O–H groups in total. The zero-order valence-corrected chi connectivity index (χ0v) is 24.4. The molecule has 41 heavy (non-hydrogen) atoms. The molecule has 2 heterocycles. The van der Waals surface area contributed by atoms with E-state index in [0.717, 1.165) is 16.6 Å². The Balaban J connectivity index is 1.73. The number of aliphatic hydroxyl groups is 1. The number of amides is 1. The molecule has 1 fully saturated rings. The van der Waals surface area contributed by atoms with E-state index in [1.807, 2.05) is 84.0 Å². The third-order valence-corrected chi connectivity index (χ3v) is 7.32. The van der Waals surface area contributed by atoms with Crippen LogP contribution in [0.3, 0.4) is 0 Å². The number of ether oxygens (including phenoxy) is 2. The van der Waals surface area contributed by atoms with Gasteiger partial charge in [0.15, 0.2) is 0 Å². The van der Waals surface area contributed by atoms with Crippen molar-refractivity contribution in [1.29, 1.82) is 0 Å². The first-order valence-electron chi connectivity index (χ1n) is 13.7. The van der Waals surface area contributed by atoms with Gasteiger partial charge in [-0.25, -0.2) is 4.98 Å². The van der Waals surface area contributed by atoms with E-state index in [9.17, 15) is 14.7 Å². The number of hydrogen-bond donors (Lipinski definition) is 2. The first-order chi connectivity index (χ1) is 19.5. The number of carbonyl (C=O) groups excluding carboxylic acids is 2. The number of nitrogens with zero attached hydrogens (tertiary/aromatic N) is 2. The molecule has 1 atom stereocenters. The van der Waals surface area contributed by atoms with Crippen LogP contribution in [0.25, 0.3) is 16.8 Å². The first kappa shape index (κ1) is 28.0. The van der Waals surface area contributed by atoms with Gasteiger partial charge in [-0.2, -0.15) is 0 Å². The molecular weight excluding hydrogens is 518 g/mol. The molecule has 1 aliphatic heterocycles. The second-order valence-corrected chi connectivity index (χ2v) is 11.0. The number of anilines is 1. The molecule has 1 saturated heterocycles. The second-order valence-electron chi connectivity index (χ2n) is 11.0. The zero-order chi connectivity index (χ0) is 29.6. The predicted molar refractivity (Wildman–Crippen MR) is 160 cm³/mol. The summed E-state index contributed by atoms with van der Waals surface area (Å²) in [4.78, 5) is 36.6. The van der Waals surface area contributed by atoms with E-state index < -0.39 is 17.7 Å². The number of ketones is 1. The summed E-state index contributed by atoms with van der Waals surface area (Å²) in [5, 5.41) is 11.8. The van der Waals surface area contributed by atoms with Gasteiger partial charge in [0, 0.05) is 5.56 Å². The molecule has 1 amide bonds. The maximum Gasteiger partial charge on any atom is 0.302 e. The molecule has 4 aromatic rings. The number of aryl methyl sites for hydroxylation is 2. The molecule has 5 rings (SSSR count). The van der Waals surface area contributed by atoms with Crippen LogP contribution < -0.4 is 14.4 Å². The Labute approximate surface area is 239 Å². The molecule has 1 unspecified atom stereocenters. The molecule has 3 aromatic carbocycles. The topological polar surface area (TPSA) is 105 Å². The van der Waals surface area contributed by atoms with Crippen LogP contribution in [0, 0.1) is 13.8 Å². The number of nitrogens with one attached hydrogen (secondary N) is 1.